The first-order valence-corrected chi connectivity index (χ1v) is 5.06. The van der Waals surface area contributed by atoms with E-state index in [1.807, 2.05) is 0 Å². The second kappa shape index (κ2) is 5.05. The molecule has 0 aromatic heterocycles. The van der Waals surface area contributed by atoms with E-state index in [1.54, 1.807) is 0 Å². The second-order valence-electron chi connectivity index (χ2n) is 3.54. The maximum Gasteiger partial charge on any atom is 0.312 e. The number of unbranched alkanes of at least 4 members (excludes halogenated alkanes) is 1. The molecule has 0 aromatic carbocycles. The summed E-state index contributed by atoms with van der Waals surface area (Å²) in [5.74, 6) is 0.0106. The highest BCUT2D eigenvalue weighted by Gasteiger charge is 2.26. The van der Waals surface area contributed by atoms with Gasteiger partial charge in [-0.2, -0.15) is 0 Å². The van der Waals surface area contributed by atoms with Crippen molar-refractivity contribution < 1.29 is 9.53 Å². The number of hydrogen-bond donors (Lipinski definition) is 0. The van der Waals surface area contributed by atoms with Gasteiger partial charge in [-0.25, -0.2) is 0 Å². The fourth-order valence-corrected chi connectivity index (χ4v) is 1.83. The summed E-state index contributed by atoms with van der Waals surface area (Å²) in [5, 5.41) is 0. The molecule has 2 heteroatoms. The first kappa shape index (κ1) is 10.3. The van der Waals surface area contributed by atoms with E-state index >= 15 is 0 Å². The van der Waals surface area contributed by atoms with E-state index < -0.39 is 0 Å². The van der Waals surface area contributed by atoms with E-state index in [9.17, 15) is 4.79 Å². The Hall–Kier alpha value is -0.790. The quantitative estimate of drug-likeness (QED) is 0.493. The minimum absolute atomic E-state index is 0.0557. The number of ether oxygens (including phenoxy) is 1. The smallest absolute Gasteiger partial charge is 0.312 e. The molecule has 1 atom stereocenters. The average molecular weight is 182 g/mol. The van der Waals surface area contributed by atoms with Gasteiger partial charge in [0.1, 0.15) is 0 Å². The van der Waals surface area contributed by atoms with E-state index in [4.69, 9.17) is 4.74 Å². The van der Waals surface area contributed by atoms with Crippen molar-refractivity contribution in [2.75, 3.05) is 7.11 Å². The normalized spacial score (nSPS) is 21.4. The number of allylic oxidation sites excluding steroid dienone is 1. The van der Waals surface area contributed by atoms with Crippen LogP contribution < -0.4 is 0 Å². The summed E-state index contributed by atoms with van der Waals surface area (Å²) in [6.45, 7) is 2.17. The number of rotatable bonds is 4. The van der Waals surface area contributed by atoms with Crippen molar-refractivity contribution in [1.29, 1.82) is 0 Å². The van der Waals surface area contributed by atoms with Crippen molar-refractivity contribution in [1.82, 2.24) is 0 Å². The minimum Gasteiger partial charge on any atom is -0.469 e. The van der Waals surface area contributed by atoms with Crippen molar-refractivity contribution in [3.05, 3.63) is 11.6 Å². The Kier molecular flexibility index (Phi) is 4.00. The molecule has 0 aromatic rings. The maximum atomic E-state index is 11.3. The van der Waals surface area contributed by atoms with Gasteiger partial charge in [0.25, 0.3) is 0 Å². The third kappa shape index (κ3) is 2.58. The van der Waals surface area contributed by atoms with Crippen LogP contribution in [-0.2, 0) is 9.53 Å². The van der Waals surface area contributed by atoms with Gasteiger partial charge >= 0.3 is 5.97 Å². The van der Waals surface area contributed by atoms with Crippen LogP contribution in [0.2, 0.25) is 0 Å². The molecule has 74 valence electrons. The Balaban J connectivity index is 2.47. The standard InChI is InChI=1S/C11H18O2/c1-3-4-6-9-7-5-8-10(9)11(12)13-2/h7,10H,3-6,8H2,1-2H3. The molecule has 0 fully saturated rings. The van der Waals surface area contributed by atoms with Crippen LogP contribution in [0.1, 0.15) is 39.0 Å². The van der Waals surface area contributed by atoms with E-state index in [2.05, 4.69) is 13.0 Å². The zero-order valence-corrected chi connectivity index (χ0v) is 8.51. The fraction of sp³-hybridized carbons (Fsp3) is 0.727. The summed E-state index contributed by atoms with van der Waals surface area (Å²) < 4.78 is 4.76. The molecule has 1 aliphatic rings. The van der Waals surface area contributed by atoms with Crippen LogP contribution >= 0.6 is 0 Å². The largest absolute Gasteiger partial charge is 0.469 e. The maximum absolute atomic E-state index is 11.3. The lowest BCUT2D eigenvalue weighted by Crippen LogP contribution is -2.15. The Morgan fingerprint density at radius 3 is 3.08 bits per heavy atom. The van der Waals surface area contributed by atoms with Crippen molar-refractivity contribution in [3.63, 3.8) is 0 Å². The third-order valence-electron chi connectivity index (χ3n) is 2.61. The molecular formula is C11H18O2. The van der Waals surface area contributed by atoms with E-state index in [-0.39, 0.29) is 11.9 Å². The Morgan fingerprint density at radius 1 is 1.69 bits per heavy atom. The van der Waals surface area contributed by atoms with Gasteiger partial charge in [-0.15, -0.1) is 0 Å². The zero-order valence-electron chi connectivity index (χ0n) is 8.51. The molecular weight excluding hydrogens is 164 g/mol. The predicted octanol–water partition coefficient (Wildman–Crippen LogP) is 2.69. The van der Waals surface area contributed by atoms with Gasteiger partial charge in [-0.3, -0.25) is 4.79 Å². The van der Waals surface area contributed by atoms with Gasteiger partial charge in [0.2, 0.25) is 0 Å². The Labute approximate surface area is 80.0 Å². The molecule has 0 heterocycles. The van der Waals surface area contributed by atoms with Crippen LogP contribution in [0, 0.1) is 5.92 Å². The predicted molar refractivity (Wildman–Crippen MR) is 52.3 cm³/mol. The van der Waals surface area contributed by atoms with Crippen LogP contribution in [0.5, 0.6) is 0 Å². The van der Waals surface area contributed by atoms with Crippen molar-refractivity contribution in [2.45, 2.75) is 39.0 Å². The highest BCUT2D eigenvalue weighted by Crippen LogP contribution is 2.30. The summed E-state index contributed by atoms with van der Waals surface area (Å²) >= 11 is 0. The van der Waals surface area contributed by atoms with Crippen LogP contribution in [0.3, 0.4) is 0 Å². The molecule has 1 rings (SSSR count). The molecule has 0 N–H and O–H groups in total. The number of methoxy groups -OCH3 is 1. The molecule has 0 spiro atoms. The van der Waals surface area contributed by atoms with Crippen LogP contribution in [0.15, 0.2) is 11.6 Å². The SMILES string of the molecule is CCCCC1=CCCC1C(=O)OC. The van der Waals surface area contributed by atoms with Gasteiger partial charge in [0.15, 0.2) is 0 Å². The highest BCUT2D eigenvalue weighted by atomic mass is 16.5. The lowest BCUT2D eigenvalue weighted by atomic mass is 9.97. The summed E-state index contributed by atoms with van der Waals surface area (Å²) in [6.07, 6.45) is 7.63. The molecule has 0 radical (unpaired) electrons. The summed E-state index contributed by atoms with van der Waals surface area (Å²) in [5.41, 5.74) is 1.30. The molecule has 2 nitrogen and oxygen atoms in total. The minimum atomic E-state index is -0.0557. The average Bonchev–Trinajstić information content (AvgIpc) is 2.61. The number of esters is 1. The summed E-state index contributed by atoms with van der Waals surface area (Å²) in [4.78, 5) is 11.3. The fourth-order valence-electron chi connectivity index (χ4n) is 1.83. The van der Waals surface area contributed by atoms with E-state index in [1.165, 1.54) is 25.5 Å². The van der Waals surface area contributed by atoms with Gasteiger partial charge < -0.3 is 4.74 Å². The zero-order chi connectivity index (χ0) is 9.68. The Morgan fingerprint density at radius 2 is 2.46 bits per heavy atom. The topological polar surface area (TPSA) is 26.3 Å². The monoisotopic (exact) mass is 182 g/mol. The summed E-state index contributed by atoms with van der Waals surface area (Å²) in [6, 6.07) is 0. The molecule has 1 unspecified atom stereocenters. The van der Waals surface area contributed by atoms with E-state index in [0.717, 1.165) is 19.3 Å². The lowest BCUT2D eigenvalue weighted by molar-refractivity contribution is -0.144. The van der Waals surface area contributed by atoms with Gasteiger partial charge in [-0.1, -0.05) is 25.0 Å². The number of carbonyl (C=O) groups is 1. The molecule has 0 bridgehead atoms. The third-order valence-corrected chi connectivity index (χ3v) is 2.61. The highest BCUT2D eigenvalue weighted by molar-refractivity contribution is 5.76. The molecule has 0 aliphatic heterocycles. The molecule has 1 aliphatic carbocycles. The van der Waals surface area contributed by atoms with Crippen molar-refractivity contribution in [2.24, 2.45) is 5.92 Å². The van der Waals surface area contributed by atoms with Crippen LogP contribution in [-0.4, -0.2) is 13.1 Å². The first-order chi connectivity index (χ1) is 6.29. The van der Waals surface area contributed by atoms with Crippen LogP contribution in [0.25, 0.3) is 0 Å². The number of carbonyl (C=O) groups excluding carboxylic acids is 1. The van der Waals surface area contributed by atoms with Crippen molar-refractivity contribution in [3.8, 4) is 0 Å². The van der Waals surface area contributed by atoms with Crippen molar-refractivity contribution >= 4 is 5.97 Å². The van der Waals surface area contributed by atoms with Gasteiger partial charge in [-0.05, 0) is 25.7 Å². The number of hydrogen-bond acceptors (Lipinski definition) is 2. The first-order valence-electron chi connectivity index (χ1n) is 5.06. The van der Waals surface area contributed by atoms with Crippen LogP contribution in [0.4, 0.5) is 0 Å². The second-order valence-corrected chi connectivity index (χ2v) is 3.54. The molecule has 13 heavy (non-hydrogen) atoms. The molecule has 0 amide bonds. The summed E-state index contributed by atoms with van der Waals surface area (Å²) in [7, 11) is 1.47. The molecule has 0 saturated carbocycles. The van der Waals surface area contributed by atoms with E-state index in [0.29, 0.717) is 0 Å². The molecule has 0 saturated heterocycles. The van der Waals surface area contributed by atoms with Gasteiger partial charge in [0, 0.05) is 0 Å². The lowest BCUT2D eigenvalue weighted by Gasteiger charge is -2.11. The van der Waals surface area contributed by atoms with Gasteiger partial charge in [0.05, 0.1) is 13.0 Å². The Bertz CT molecular complexity index is 206.